The molecule has 0 spiro atoms. The lowest BCUT2D eigenvalue weighted by Crippen LogP contribution is -2.44. The molecule has 0 aliphatic carbocycles. The summed E-state index contributed by atoms with van der Waals surface area (Å²) in [5.41, 5.74) is 5.47. The molecule has 5 N–H and O–H groups in total. The highest BCUT2D eigenvalue weighted by Gasteiger charge is 2.16. The first-order chi connectivity index (χ1) is 6.97. The lowest BCUT2D eigenvalue weighted by Gasteiger charge is -2.16. The largest absolute Gasteiger partial charge is 0.481 e. The topological polar surface area (TPSA) is 113 Å². The molecule has 0 radical (unpaired) electrons. The number of hydrogen-bond acceptors (Lipinski definition) is 4. The summed E-state index contributed by atoms with van der Waals surface area (Å²) >= 11 is 0. The normalized spacial score (nSPS) is 14.3. The minimum Gasteiger partial charge on any atom is -0.481 e. The molecule has 0 bridgehead atoms. The molecule has 1 amide bonds. The van der Waals surface area contributed by atoms with E-state index in [0.29, 0.717) is 6.42 Å². The number of amides is 1. The van der Waals surface area contributed by atoms with E-state index in [1.54, 1.807) is 6.92 Å². The molecule has 2 unspecified atom stereocenters. The van der Waals surface area contributed by atoms with Crippen molar-refractivity contribution in [2.45, 2.75) is 38.3 Å². The van der Waals surface area contributed by atoms with Gasteiger partial charge in [-0.25, -0.2) is 0 Å². The second-order valence-corrected chi connectivity index (χ2v) is 3.46. The Morgan fingerprint density at radius 1 is 1.40 bits per heavy atom. The van der Waals surface area contributed by atoms with Gasteiger partial charge < -0.3 is 21.3 Å². The Hall–Kier alpha value is -1.14. The third-order valence-electron chi connectivity index (χ3n) is 1.96. The van der Waals surface area contributed by atoms with Crippen LogP contribution in [-0.2, 0) is 9.59 Å². The van der Waals surface area contributed by atoms with Crippen LogP contribution in [0.1, 0.15) is 26.2 Å². The monoisotopic (exact) mass is 218 g/mol. The minimum atomic E-state index is -0.971. The van der Waals surface area contributed by atoms with E-state index in [1.807, 2.05) is 0 Å². The Bertz CT molecular complexity index is 220. The molecule has 0 saturated heterocycles. The average molecular weight is 218 g/mol. The number of hydrogen-bond donors (Lipinski definition) is 4. The molecule has 2 atom stereocenters. The highest BCUT2D eigenvalue weighted by Crippen LogP contribution is 1.96. The van der Waals surface area contributed by atoms with Gasteiger partial charge in [0.25, 0.3) is 0 Å². The van der Waals surface area contributed by atoms with Crippen LogP contribution in [0.4, 0.5) is 0 Å². The third kappa shape index (κ3) is 6.87. The van der Waals surface area contributed by atoms with Gasteiger partial charge in [-0.1, -0.05) is 0 Å². The molecular weight excluding hydrogens is 200 g/mol. The van der Waals surface area contributed by atoms with E-state index >= 15 is 0 Å². The maximum absolute atomic E-state index is 11.3. The molecule has 0 aliphatic heterocycles. The zero-order valence-electron chi connectivity index (χ0n) is 8.77. The maximum Gasteiger partial charge on any atom is 0.303 e. The smallest absolute Gasteiger partial charge is 0.303 e. The van der Waals surface area contributed by atoms with Crippen LogP contribution in [-0.4, -0.2) is 40.8 Å². The maximum atomic E-state index is 11.3. The SMILES string of the molecule is CC(CCO)NC(=O)C(N)CCC(=O)O. The number of carboxylic acids is 1. The number of nitrogens with one attached hydrogen (secondary N) is 1. The highest BCUT2D eigenvalue weighted by atomic mass is 16.4. The van der Waals surface area contributed by atoms with Gasteiger partial charge in [0, 0.05) is 19.1 Å². The molecule has 0 rings (SSSR count). The first-order valence-corrected chi connectivity index (χ1v) is 4.86. The first-order valence-electron chi connectivity index (χ1n) is 4.86. The Labute approximate surface area is 88.5 Å². The summed E-state index contributed by atoms with van der Waals surface area (Å²) in [6.45, 7) is 1.74. The number of aliphatic hydroxyl groups is 1. The third-order valence-corrected chi connectivity index (χ3v) is 1.96. The lowest BCUT2D eigenvalue weighted by molar-refractivity contribution is -0.137. The number of aliphatic carboxylic acids is 1. The van der Waals surface area contributed by atoms with Crippen LogP contribution in [0.15, 0.2) is 0 Å². The molecule has 0 aromatic carbocycles. The zero-order chi connectivity index (χ0) is 11.8. The van der Waals surface area contributed by atoms with Crippen molar-refractivity contribution >= 4 is 11.9 Å². The van der Waals surface area contributed by atoms with E-state index in [9.17, 15) is 9.59 Å². The van der Waals surface area contributed by atoms with E-state index in [2.05, 4.69) is 5.32 Å². The van der Waals surface area contributed by atoms with Crippen molar-refractivity contribution in [3.05, 3.63) is 0 Å². The second-order valence-electron chi connectivity index (χ2n) is 3.46. The predicted molar refractivity (Wildman–Crippen MR) is 54.2 cm³/mol. The van der Waals surface area contributed by atoms with Gasteiger partial charge in [-0.2, -0.15) is 0 Å². The summed E-state index contributed by atoms with van der Waals surface area (Å²) in [5, 5.41) is 19.6. The van der Waals surface area contributed by atoms with Crippen molar-refractivity contribution < 1.29 is 19.8 Å². The molecule has 0 saturated carbocycles. The summed E-state index contributed by atoms with van der Waals surface area (Å²) in [6.07, 6.45) is 0.452. The summed E-state index contributed by atoms with van der Waals surface area (Å²) in [5.74, 6) is -1.35. The van der Waals surface area contributed by atoms with Gasteiger partial charge in [-0.3, -0.25) is 9.59 Å². The number of carbonyl (C=O) groups is 2. The van der Waals surface area contributed by atoms with Crippen molar-refractivity contribution in [3.8, 4) is 0 Å². The van der Waals surface area contributed by atoms with E-state index in [4.69, 9.17) is 15.9 Å². The van der Waals surface area contributed by atoms with Crippen molar-refractivity contribution in [1.82, 2.24) is 5.32 Å². The molecule has 0 heterocycles. The van der Waals surface area contributed by atoms with Crippen LogP contribution >= 0.6 is 0 Å². The fourth-order valence-corrected chi connectivity index (χ4v) is 1.03. The summed E-state index contributed by atoms with van der Waals surface area (Å²) < 4.78 is 0. The Balaban J connectivity index is 3.82. The van der Waals surface area contributed by atoms with E-state index < -0.39 is 12.0 Å². The van der Waals surface area contributed by atoms with Gasteiger partial charge >= 0.3 is 5.97 Å². The van der Waals surface area contributed by atoms with E-state index in [0.717, 1.165) is 0 Å². The molecule has 6 nitrogen and oxygen atoms in total. The molecule has 0 aliphatic rings. The highest BCUT2D eigenvalue weighted by molar-refractivity contribution is 5.82. The minimum absolute atomic E-state index is 0.00812. The number of nitrogens with two attached hydrogens (primary N) is 1. The predicted octanol–water partition coefficient (Wildman–Crippen LogP) is -0.934. The summed E-state index contributed by atoms with van der Waals surface area (Å²) in [6, 6.07) is -0.958. The Morgan fingerprint density at radius 3 is 2.47 bits per heavy atom. The standard InChI is InChI=1S/C9H18N2O4/c1-6(4-5-12)11-9(15)7(10)2-3-8(13)14/h6-7,12H,2-5,10H2,1H3,(H,11,15)(H,13,14). The molecule has 88 valence electrons. The molecule has 0 aromatic rings. The zero-order valence-corrected chi connectivity index (χ0v) is 8.77. The van der Waals surface area contributed by atoms with Gasteiger partial charge in [0.1, 0.15) is 0 Å². The van der Waals surface area contributed by atoms with Crippen LogP contribution in [0.5, 0.6) is 0 Å². The lowest BCUT2D eigenvalue weighted by atomic mass is 10.1. The Kier molecular flexibility index (Phi) is 6.64. The van der Waals surface area contributed by atoms with Crippen LogP contribution in [0.25, 0.3) is 0 Å². The Morgan fingerprint density at radius 2 is 2.00 bits per heavy atom. The number of rotatable bonds is 7. The fourth-order valence-electron chi connectivity index (χ4n) is 1.03. The van der Waals surface area contributed by atoms with Crippen molar-refractivity contribution in [2.75, 3.05) is 6.61 Å². The quantitative estimate of drug-likeness (QED) is 0.441. The second kappa shape index (κ2) is 7.19. The van der Waals surface area contributed by atoms with Crippen LogP contribution < -0.4 is 11.1 Å². The molecule has 15 heavy (non-hydrogen) atoms. The average Bonchev–Trinajstić information content (AvgIpc) is 2.14. The molecule has 0 fully saturated rings. The van der Waals surface area contributed by atoms with Gasteiger partial charge in [0.05, 0.1) is 6.04 Å². The van der Waals surface area contributed by atoms with Gasteiger partial charge in [-0.15, -0.1) is 0 Å². The van der Waals surface area contributed by atoms with Crippen molar-refractivity contribution in [1.29, 1.82) is 0 Å². The van der Waals surface area contributed by atoms with Crippen LogP contribution in [0.2, 0.25) is 0 Å². The van der Waals surface area contributed by atoms with Gasteiger partial charge in [0.15, 0.2) is 0 Å². The summed E-state index contributed by atoms with van der Waals surface area (Å²) in [4.78, 5) is 21.6. The number of carbonyl (C=O) groups excluding carboxylic acids is 1. The van der Waals surface area contributed by atoms with Gasteiger partial charge in [-0.05, 0) is 19.8 Å². The number of aliphatic hydroxyl groups excluding tert-OH is 1. The van der Waals surface area contributed by atoms with E-state index in [-0.39, 0.29) is 31.4 Å². The van der Waals surface area contributed by atoms with Gasteiger partial charge in [0.2, 0.25) is 5.91 Å². The molecule has 0 aromatic heterocycles. The van der Waals surface area contributed by atoms with Crippen LogP contribution in [0.3, 0.4) is 0 Å². The number of carboxylic acid groups (broad SMARTS) is 1. The van der Waals surface area contributed by atoms with Crippen molar-refractivity contribution in [3.63, 3.8) is 0 Å². The first kappa shape index (κ1) is 13.9. The summed E-state index contributed by atoms with van der Waals surface area (Å²) in [7, 11) is 0. The fraction of sp³-hybridized carbons (Fsp3) is 0.778. The van der Waals surface area contributed by atoms with Crippen LogP contribution in [0, 0.1) is 0 Å². The molecule has 6 heteroatoms. The van der Waals surface area contributed by atoms with E-state index in [1.165, 1.54) is 0 Å². The molecular formula is C9H18N2O4. The van der Waals surface area contributed by atoms with Crippen molar-refractivity contribution in [2.24, 2.45) is 5.73 Å².